The first-order valence-corrected chi connectivity index (χ1v) is 6.68. The zero-order chi connectivity index (χ0) is 13.9. The molecule has 4 heteroatoms. The van der Waals surface area contributed by atoms with Gasteiger partial charge in [-0.25, -0.2) is 0 Å². The number of carboxylic acid groups (broad SMARTS) is 1. The third kappa shape index (κ3) is 4.31. The molecule has 0 saturated heterocycles. The normalized spacial score (nSPS) is 24.7. The number of carboxylic acids is 1. The minimum Gasteiger partial charge on any atom is -0.481 e. The zero-order valence-electron chi connectivity index (χ0n) is 11.9. The van der Waals surface area contributed by atoms with E-state index >= 15 is 0 Å². The van der Waals surface area contributed by atoms with Crippen LogP contribution in [0.3, 0.4) is 0 Å². The maximum absolute atomic E-state index is 12.3. The van der Waals surface area contributed by atoms with E-state index in [1.807, 2.05) is 7.05 Å². The van der Waals surface area contributed by atoms with Gasteiger partial charge >= 0.3 is 5.97 Å². The van der Waals surface area contributed by atoms with Gasteiger partial charge in [0.05, 0.1) is 5.92 Å². The lowest BCUT2D eigenvalue weighted by Crippen LogP contribution is -2.40. The van der Waals surface area contributed by atoms with E-state index in [1.165, 1.54) is 0 Å². The van der Waals surface area contributed by atoms with Gasteiger partial charge in [0.2, 0.25) is 5.91 Å². The Morgan fingerprint density at radius 2 is 1.78 bits per heavy atom. The van der Waals surface area contributed by atoms with Crippen LogP contribution in [0.25, 0.3) is 0 Å². The molecular weight excluding hydrogens is 230 g/mol. The molecule has 2 atom stereocenters. The van der Waals surface area contributed by atoms with Crippen LogP contribution in [-0.2, 0) is 9.59 Å². The van der Waals surface area contributed by atoms with E-state index in [1.54, 1.807) is 4.90 Å². The highest BCUT2D eigenvalue weighted by Gasteiger charge is 2.33. The molecule has 1 rings (SSSR count). The third-order valence-corrected chi connectivity index (χ3v) is 3.46. The van der Waals surface area contributed by atoms with E-state index in [4.69, 9.17) is 5.11 Å². The summed E-state index contributed by atoms with van der Waals surface area (Å²) in [7, 11) is 1.82. The summed E-state index contributed by atoms with van der Waals surface area (Å²) >= 11 is 0. The first kappa shape index (κ1) is 15.0. The zero-order valence-corrected chi connectivity index (χ0v) is 11.9. The highest BCUT2D eigenvalue weighted by molar-refractivity contribution is 5.80. The Hall–Kier alpha value is -1.06. The standard InChI is InChI=1S/C14H25NO3/c1-14(2,3)9-15(4)12(16)10-6-5-7-11(8-10)13(17)18/h10-11H,5-9H2,1-4H3,(H,17,18). The second-order valence-corrected chi connectivity index (χ2v) is 6.65. The van der Waals surface area contributed by atoms with Crippen molar-refractivity contribution in [2.45, 2.75) is 46.5 Å². The number of aliphatic carboxylic acids is 1. The third-order valence-electron chi connectivity index (χ3n) is 3.46. The monoisotopic (exact) mass is 255 g/mol. The molecule has 18 heavy (non-hydrogen) atoms. The molecule has 1 aliphatic carbocycles. The molecule has 0 heterocycles. The van der Waals surface area contributed by atoms with Gasteiger partial charge in [0, 0.05) is 19.5 Å². The van der Waals surface area contributed by atoms with Crippen molar-refractivity contribution in [2.75, 3.05) is 13.6 Å². The lowest BCUT2D eigenvalue weighted by molar-refractivity contribution is -0.145. The lowest BCUT2D eigenvalue weighted by atomic mass is 9.80. The average Bonchev–Trinajstić information content (AvgIpc) is 2.26. The fourth-order valence-corrected chi connectivity index (χ4v) is 2.74. The minimum absolute atomic E-state index is 0.0747. The van der Waals surface area contributed by atoms with Crippen LogP contribution in [0.4, 0.5) is 0 Å². The van der Waals surface area contributed by atoms with Crippen molar-refractivity contribution in [3.05, 3.63) is 0 Å². The molecule has 0 radical (unpaired) electrons. The minimum atomic E-state index is -0.758. The molecule has 0 aromatic carbocycles. The fourth-order valence-electron chi connectivity index (χ4n) is 2.74. The molecule has 0 bridgehead atoms. The van der Waals surface area contributed by atoms with Crippen molar-refractivity contribution in [3.63, 3.8) is 0 Å². The van der Waals surface area contributed by atoms with Crippen LogP contribution in [0.5, 0.6) is 0 Å². The van der Waals surface area contributed by atoms with Crippen molar-refractivity contribution in [1.82, 2.24) is 4.90 Å². The fraction of sp³-hybridized carbons (Fsp3) is 0.857. The molecule has 0 aliphatic heterocycles. The van der Waals surface area contributed by atoms with Crippen molar-refractivity contribution < 1.29 is 14.7 Å². The van der Waals surface area contributed by atoms with Gasteiger partial charge in [-0.15, -0.1) is 0 Å². The molecule has 0 spiro atoms. The van der Waals surface area contributed by atoms with Crippen LogP contribution >= 0.6 is 0 Å². The van der Waals surface area contributed by atoms with Gasteiger partial charge in [-0.1, -0.05) is 27.2 Å². The summed E-state index contributed by atoms with van der Waals surface area (Å²) in [5.41, 5.74) is 0.0747. The highest BCUT2D eigenvalue weighted by atomic mass is 16.4. The molecular formula is C14H25NO3. The first-order valence-electron chi connectivity index (χ1n) is 6.68. The molecule has 104 valence electrons. The summed E-state index contributed by atoms with van der Waals surface area (Å²) in [6, 6.07) is 0. The predicted molar refractivity (Wildman–Crippen MR) is 70.2 cm³/mol. The van der Waals surface area contributed by atoms with Gasteiger partial charge in [0.15, 0.2) is 0 Å². The summed E-state index contributed by atoms with van der Waals surface area (Å²) < 4.78 is 0. The van der Waals surface area contributed by atoms with Gasteiger partial charge in [-0.3, -0.25) is 9.59 Å². The number of amides is 1. The number of nitrogens with zero attached hydrogens (tertiary/aromatic N) is 1. The van der Waals surface area contributed by atoms with Crippen molar-refractivity contribution in [1.29, 1.82) is 0 Å². The van der Waals surface area contributed by atoms with E-state index in [9.17, 15) is 9.59 Å². The number of carbonyl (C=O) groups is 2. The van der Waals surface area contributed by atoms with Gasteiger partial charge in [-0.2, -0.15) is 0 Å². The van der Waals surface area contributed by atoms with Crippen LogP contribution in [0.2, 0.25) is 0 Å². The molecule has 4 nitrogen and oxygen atoms in total. The quantitative estimate of drug-likeness (QED) is 0.842. The van der Waals surface area contributed by atoms with Gasteiger partial charge in [-0.05, 0) is 24.7 Å². The summed E-state index contributed by atoms with van der Waals surface area (Å²) in [5, 5.41) is 9.04. The van der Waals surface area contributed by atoms with Crippen LogP contribution in [0.15, 0.2) is 0 Å². The van der Waals surface area contributed by atoms with Crippen molar-refractivity contribution in [3.8, 4) is 0 Å². The Balaban J connectivity index is 2.58. The van der Waals surface area contributed by atoms with E-state index in [0.29, 0.717) is 19.4 Å². The Morgan fingerprint density at radius 3 is 2.28 bits per heavy atom. The van der Waals surface area contributed by atoms with Crippen molar-refractivity contribution in [2.24, 2.45) is 17.3 Å². The van der Waals surface area contributed by atoms with E-state index in [0.717, 1.165) is 12.8 Å². The first-order chi connectivity index (χ1) is 8.20. The van der Waals surface area contributed by atoms with E-state index in [2.05, 4.69) is 20.8 Å². The summed E-state index contributed by atoms with van der Waals surface area (Å²) in [4.78, 5) is 25.0. The molecule has 0 aromatic heterocycles. The SMILES string of the molecule is CN(CC(C)(C)C)C(=O)C1CCCC(C(=O)O)C1. The smallest absolute Gasteiger partial charge is 0.306 e. The maximum Gasteiger partial charge on any atom is 0.306 e. The van der Waals surface area contributed by atoms with E-state index in [-0.39, 0.29) is 23.2 Å². The second-order valence-electron chi connectivity index (χ2n) is 6.65. The molecule has 1 aliphatic rings. The Morgan fingerprint density at radius 1 is 1.22 bits per heavy atom. The Bertz CT molecular complexity index is 319. The number of hydrogen-bond donors (Lipinski definition) is 1. The summed E-state index contributed by atoms with van der Waals surface area (Å²) in [5.74, 6) is -1.09. The Labute approximate surface area is 109 Å². The summed E-state index contributed by atoms with van der Waals surface area (Å²) in [6.07, 6.45) is 2.89. The van der Waals surface area contributed by atoms with Gasteiger partial charge in [0.25, 0.3) is 0 Å². The Kier molecular flexibility index (Phi) is 4.77. The topological polar surface area (TPSA) is 57.6 Å². The highest BCUT2D eigenvalue weighted by Crippen LogP contribution is 2.30. The van der Waals surface area contributed by atoms with Gasteiger partial charge < -0.3 is 10.0 Å². The number of carbonyl (C=O) groups excluding carboxylic acids is 1. The molecule has 1 fully saturated rings. The van der Waals surface area contributed by atoms with E-state index < -0.39 is 5.97 Å². The van der Waals surface area contributed by atoms with Crippen LogP contribution in [-0.4, -0.2) is 35.5 Å². The van der Waals surface area contributed by atoms with Crippen molar-refractivity contribution >= 4 is 11.9 Å². The molecule has 1 N–H and O–H groups in total. The molecule has 1 amide bonds. The maximum atomic E-state index is 12.3. The van der Waals surface area contributed by atoms with Crippen LogP contribution in [0, 0.1) is 17.3 Å². The number of rotatable bonds is 3. The van der Waals surface area contributed by atoms with Crippen LogP contribution < -0.4 is 0 Å². The van der Waals surface area contributed by atoms with Crippen LogP contribution in [0.1, 0.15) is 46.5 Å². The van der Waals surface area contributed by atoms with Gasteiger partial charge in [0.1, 0.15) is 0 Å². The molecule has 1 saturated carbocycles. The summed E-state index contributed by atoms with van der Waals surface area (Å²) in [6.45, 7) is 6.99. The molecule has 0 aromatic rings. The predicted octanol–water partition coefficient (Wildman–Crippen LogP) is 2.38. The molecule has 2 unspecified atom stereocenters. The largest absolute Gasteiger partial charge is 0.481 e. The number of hydrogen-bond acceptors (Lipinski definition) is 2. The average molecular weight is 255 g/mol. The second kappa shape index (κ2) is 5.72. The lowest BCUT2D eigenvalue weighted by Gasteiger charge is -2.32.